The number of carbonyl (C=O) groups is 1. The predicted octanol–water partition coefficient (Wildman–Crippen LogP) is 3.13. The monoisotopic (exact) mass is 250 g/mol. The van der Waals surface area contributed by atoms with Crippen LogP contribution >= 0.6 is 11.6 Å². The lowest BCUT2D eigenvalue weighted by Gasteiger charge is -2.05. The third-order valence-corrected chi connectivity index (χ3v) is 2.39. The van der Waals surface area contributed by atoms with Gasteiger partial charge in [-0.3, -0.25) is 4.79 Å². The molecule has 86 valence electrons. The molecule has 0 unspecified atom stereocenters. The highest BCUT2D eigenvalue weighted by Gasteiger charge is 2.11. The fraction of sp³-hybridized carbons (Fsp3) is 0. The van der Waals surface area contributed by atoms with Crippen LogP contribution in [0.5, 0.6) is 0 Å². The van der Waals surface area contributed by atoms with Gasteiger partial charge in [0.05, 0.1) is 10.6 Å². The van der Waals surface area contributed by atoms with E-state index < -0.39 is 11.7 Å². The minimum absolute atomic E-state index is 0.0680. The van der Waals surface area contributed by atoms with Crippen molar-refractivity contribution in [2.45, 2.75) is 0 Å². The Labute approximate surface area is 102 Å². The zero-order valence-corrected chi connectivity index (χ0v) is 9.41. The van der Waals surface area contributed by atoms with E-state index in [9.17, 15) is 9.18 Å². The zero-order chi connectivity index (χ0) is 12.3. The topological polar surface area (TPSA) is 42.0 Å². The van der Waals surface area contributed by atoms with Gasteiger partial charge in [0, 0.05) is 6.20 Å². The summed E-state index contributed by atoms with van der Waals surface area (Å²) in [4.78, 5) is 15.7. The van der Waals surface area contributed by atoms with Gasteiger partial charge >= 0.3 is 0 Å². The lowest BCUT2D eigenvalue weighted by molar-refractivity contribution is 0.102. The summed E-state index contributed by atoms with van der Waals surface area (Å²) in [6.45, 7) is 0. The van der Waals surface area contributed by atoms with E-state index in [-0.39, 0.29) is 10.6 Å². The van der Waals surface area contributed by atoms with Crippen LogP contribution in [0.25, 0.3) is 0 Å². The van der Waals surface area contributed by atoms with Gasteiger partial charge in [0.2, 0.25) is 0 Å². The van der Waals surface area contributed by atoms with Crippen LogP contribution in [0.2, 0.25) is 5.02 Å². The quantitative estimate of drug-likeness (QED) is 0.890. The summed E-state index contributed by atoms with van der Waals surface area (Å²) in [5.74, 6) is -0.490. The predicted molar refractivity (Wildman–Crippen MR) is 63.6 cm³/mol. The van der Waals surface area contributed by atoms with E-state index in [0.29, 0.717) is 5.82 Å². The number of nitrogens with one attached hydrogen (secondary N) is 1. The van der Waals surface area contributed by atoms with Crippen LogP contribution in [0.3, 0.4) is 0 Å². The number of pyridine rings is 1. The molecular formula is C12H8ClFN2O. The Bertz CT molecular complexity index is 545. The summed E-state index contributed by atoms with van der Waals surface area (Å²) in [6, 6.07) is 8.73. The van der Waals surface area contributed by atoms with Gasteiger partial charge in [0.25, 0.3) is 5.91 Å². The van der Waals surface area contributed by atoms with Crippen LogP contribution in [0.4, 0.5) is 10.2 Å². The fourth-order valence-electron chi connectivity index (χ4n) is 1.29. The van der Waals surface area contributed by atoms with Crippen molar-refractivity contribution in [2.24, 2.45) is 0 Å². The molecule has 0 radical (unpaired) electrons. The van der Waals surface area contributed by atoms with Crippen molar-refractivity contribution < 1.29 is 9.18 Å². The van der Waals surface area contributed by atoms with Crippen molar-refractivity contribution in [1.82, 2.24) is 4.98 Å². The molecule has 0 atom stereocenters. The fourth-order valence-corrected chi connectivity index (χ4v) is 1.55. The number of hydrogen-bond acceptors (Lipinski definition) is 2. The van der Waals surface area contributed by atoms with E-state index in [2.05, 4.69) is 10.3 Å². The van der Waals surface area contributed by atoms with Gasteiger partial charge in [0.15, 0.2) is 0 Å². The molecule has 1 N–H and O–H groups in total. The van der Waals surface area contributed by atoms with Gasteiger partial charge < -0.3 is 5.32 Å². The zero-order valence-electron chi connectivity index (χ0n) is 8.65. The van der Waals surface area contributed by atoms with Crippen molar-refractivity contribution in [3.8, 4) is 0 Å². The molecule has 1 amide bonds. The first-order valence-electron chi connectivity index (χ1n) is 4.84. The average Bonchev–Trinajstić information content (AvgIpc) is 2.30. The molecular weight excluding hydrogens is 243 g/mol. The van der Waals surface area contributed by atoms with Crippen molar-refractivity contribution >= 4 is 23.3 Å². The maximum Gasteiger partial charge on any atom is 0.258 e. The molecule has 0 aliphatic heterocycles. The number of amides is 1. The third kappa shape index (κ3) is 2.79. The Morgan fingerprint density at radius 2 is 2.12 bits per heavy atom. The molecule has 0 aliphatic rings. The number of hydrogen-bond donors (Lipinski definition) is 1. The lowest BCUT2D eigenvalue weighted by Crippen LogP contribution is -2.13. The smallest absolute Gasteiger partial charge is 0.258 e. The first-order valence-corrected chi connectivity index (χ1v) is 5.22. The van der Waals surface area contributed by atoms with Crippen LogP contribution in [-0.4, -0.2) is 10.9 Å². The van der Waals surface area contributed by atoms with Gasteiger partial charge in [0.1, 0.15) is 11.6 Å². The van der Waals surface area contributed by atoms with Crippen molar-refractivity contribution in [3.63, 3.8) is 0 Å². The number of benzene rings is 1. The van der Waals surface area contributed by atoms with E-state index in [1.54, 1.807) is 24.4 Å². The standard InChI is InChI=1S/C12H8ClFN2O/c13-10-7-8(14)4-5-9(10)12(17)16-11-3-1-2-6-15-11/h1-7H,(H,15,16,17). The van der Waals surface area contributed by atoms with Crippen LogP contribution in [-0.2, 0) is 0 Å². The Balaban J connectivity index is 2.21. The molecule has 0 saturated carbocycles. The molecule has 1 heterocycles. The van der Waals surface area contributed by atoms with E-state index in [4.69, 9.17) is 11.6 Å². The number of carbonyl (C=O) groups excluding carboxylic acids is 1. The van der Waals surface area contributed by atoms with Gasteiger partial charge in [-0.25, -0.2) is 9.37 Å². The minimum Gasteiger partial charge on any atom is -0.307 e. The summed E-state index contributed by atoms with van der Waals surface area (Å²) in [6.07, 6.45) is 1.56. The van der Waals surface area contributed by atoms with Gasteiger partial charge in [-0.2, -0.15) is 0 Å². The van der Waals surface area contributed by atoms with Crippen LogP contribution in [0, 0.1) is 5.82 Å². The first kappa shape index (κ1) is 11.5. The molecule has 0 saturated heterocycles. The molecule has 17 heavy (non-hydrogen) atoms. The summed E-state index contributed by atoms with van der Waals surface area (Å²) in [5.41, 5.74) is 0.207. The average molecular weight is 251 g/mol. The van der Waals surface area contributed by atoms with E-state index in [1.165, 1.54) is 12.1 Å². The highest BCUT2D eigenvalue weighted by atomic mass is 35.5. The molecule has 3 nitrogen and oxygen atoms in total. The van der Waals surface area contributed by atoms with Gasteiger partial charge in [-0.05, 0) is 30.3 Å². The van der Waals surface area contributed by atoms with E-state index >= 15 is 0 Å². The molecule has 2 aromatic rings. The number of aromatic nitrogens is 1. The van der Waals surface area contributed by atoms with Crippen molar-refractivity contribution in [1.29, 1.82) is 0 Å². The molecule has 5 heteroatoms. The second-order valence-electron chi connectivity index (χ2n) is 3.29. The highest BCUT2D eigenvalue weighted by Crippen LogP contribution is 2.18. The summed E-state index contributed by atoms with van der Waals surface area (Å²) in [7, 11) is 0. The van der Waals surface area contributed by atoms with Crippen molar-refractivity contribution in [2.75, 3.05) is 5.32 Å². The van der Waals surface area contributed by atoms with Gasteiger partial charge in [-0.1, -0.05) is 17.7 Å². The maximum absolute atomic E-state index is 12.8. The molecule has 0 spiro atoms. The Hall–Kier alpha value is -1.94. The normalized spacial score (nSPS) is 10.0. The maximum atomic E-state index is 12.8. The Morgan fingerprint density at radius 1 is 1.29 bits per heavy atom. The third-order valence-electron chi connectivity index (χ3n) is 2.08. The molecule has 0 bridgehead atoms. The van der Waals surface area contributed by atoms with Crippen molar-refractivity contribution in [3.05, 3.63) is 59.0 Å². The Kier molecular flexibility index (Phi) is 3.35. The molecule has 2 rings (SSSR count). The first-order chi connectivity index (χ1) is 8.16. The number of rotatable bonds is 2. The Morgan fingerprint density at radius 3 is 2.76 bits per heavy atom. The van der Waals surface area contributed by atoms with E-state index in [1.807, 2.05) is 0 Å². The van der Waals surface area contributed by atoms with Gasteiger partial charge in [-0.15, -0.1) is 0 Å². The summed E-state index contributed by atoms with van der Waals surface area (Å²) < 4.78 is 12.8. The summed E-state index contributed by atoms with van der Waals surface area (Å²) in [5, 5.41) is 2.63. The largest absolute Gasteiger partial charge is 0.307 e. The second kappa shape index (κ2) is 4.93. The lowest BCUT2D eigenvalue weighted by atomic mass is 10.2. The molecule has 0 aliphatic carbocycles. The van der Waals surface area contributed by atoms with E-state index in [0.717, 1.165) is 6.07 Å². The summed E-state index contributed by atoms with van der Waals surface area (Å²) >= 11 is 5.77. The van der Waals surface area contributed by atoms with Crippen LogP contribution in [0.1, 0.15) is 10.4 Å². The van der Waals surface area contributed by atoms with Crippen LogP contribution in [0.15, 0.2) is 42.6 Å². The molecule has 1 aromatic carbocycles. The van der Waals surface area contributed by atoms with Crippen LogP contribution < -0.4 is 5.32 Å². The minimum atomic E-state index is -0.482. The SMILES string of the molecule is O=C(Nc1ccccn1)c1ccc(F)cc1Cl. The number of halogens is 2. The molecule has 0 fully saturated rings. The number of anilines is 1. The second-order valence-corrected chi connectivity index (χ2v) is 3.70. The highest BCUT2D eigenvalue weighted by molar-refractivity contribution is 6.34. The molecule has 1 aromatic heterocycles. The number of nitrogens with zero attached hydrogens (tertiary/aromatic N) is 1.